The number of aliphatic hydroxyl groups excluding tert-OH is 1. The first-order chi connectivity index (χ1) is 12.0. The number of allylic oxidation sites excluding steroid dienone is 1. The van der Waals surface area contributed by atoms with E-state index < -0.39 is 35.1 Å². The van der Waals surface area contributed by atoms with Crippen molar-refractivity contribution in [2.75, 3.05) is 6.61 Å². The van der Waals surface area contributed by atoms with E-state index in [-0.39, 0.29) is 23.5 Å². The van der Waals surface area contributed by atoms with Crippen molar-refractivity contribution in [1.82, 2.24) is 0 Å². The Morgan fingerprint density at radius 1 is 1.35 bits per heavy atom. The van der Waals surface area contributed by atoms with Crippen LogP contribution < -0.4 is 4.74 Å². The third kappa shape index (κ3) is 5.87. The highest BCUT2D eigenvalue weighted by atomic mass is 35.5. The number of carbonyl (C=O) groups is 1. The van der Waals surface area contributed by atoms with E-state index in [4.69, 9.17) is 21.4 Å². The molecular formula is C15H15ClF4N2O4. The van der Waals surface area contributed by atoms with E-state index in [1.54, 1.807) is 13.8 Å². The maximum Gasteiger partial charge on any atom is 0.451 e. The van der Waals surface area contributed by atoms with Crippen molar-refractivity contribution in [3.05, 3.63) is 34.4 Å². The minimum absolute atomic E-state index is 0.0127. The summed E-state index contributed by atoms with van der Waals surface area (Å²) in [5.41, 5.74) is -2.07. The highest BCUT2D eigenvalue weighted by molar-refractivity contribution is 6.32. The molecule has 0 saturated heterocycles. The molecule has 0 fully saturated rings. The number of aliphatic hydroxyl groups is 1. The van der Waals surface area contributed by atoms with Crippen LogP contribution in [0.1, 0.15) is 20.8 Å². The van der Waals surface area contributed by atoms with Gasteiger partial charge in [-0.05, 0) is 26.8 Å². The summed E-state index contributed by atoms with van der Waals surface area (Å²) in [7, 11) is 0. The molecule has 1 aromatic carbocycles. The zero-order valence-corrected chi connectivity index (χ0v) is 14.7. The summed E-state index contributed by atoms with van der Waals surface area (Å²) in [6.07, 6.45) is -5.60. The third-order valence-electron chi connectivity index (χ3n) is 2.58. The maximum atomic E-state index is 13.9. The monoisotopic (exact) mass is 398 g/mol. The normalized spacial score (nSPS) is 13.1. The van der Waals surface area contributed by atoms with E-state index >= 15 is 0 Å². The van der Waals surface area contributed by atoms with Crippen LogP contribution in [0.2, 0.25) is 5.02 Å². The number of benzene rings is 1. The average molecular weight is 399 g/mol. The van der Waals surface area contributed by atoms with Crippen LogP contribution >= 0.6 is 11.6 Å². The molecule has 0 radical (unpaired) electrons. The molecule has 144 valence electrons. The van der Waals surface area contributed by atoms with Crippen molar-refractivity contribution in [3.63, 3.8) is 0 Å². The number of halogens is 5. The number of hydrogen-bond acceptors (Lipinski definition) is 6. The van der Waals surface area contributed by atoms with Crippen LogP contribution in [-0.2, 0) is 9.53 Å². The second-order valence-electron chi connectivity index (χ2n) is 5.02. The fourth-order valence-corrected chi connectivity index (χ4v) is 1.76. The smallest absolute Gasteiger partial charge is 0.451 e. The number of esters is 1. The Balaban J connectivity index is 3.35. The van der Waals surface area contributed by atoms with Gasteiger partial charge in [-0.1, -0.05) is 11.6 Å². The minimum Gasteiger partial charge on any atom is -0.502 e. The lowest BCUT2D eigenvalue weighted by Crippen LogP contribution is -2.18. The van der Waals surface area contributed by atoms with E-state index in [0.29, 0.717) is 0 Å². The van der Waals surface area contributed by atoms with Gasteiger partial charge in [0.1, 0.15) is 11.4 Å². The van der Waals surface area contributed by atoms with Crippen molar-refractivity contribution in [2.24, 2.45) is 10.2 Å². The molecule has 0 aliphatic carbocycles. The first-order valence-corrected chi connectivity index (χ1v) is 7.60. The topological polar surface area (TPSA) is 80.5 Å². The van der Waals surface area contributed by atoms with Crippen molar-refractivity contribution >= 4 is 23.3 Å². The van der Waals surface area contributed by atoms with Crippen LogP contribution in [0.25, 0.3) is 0 Å². The van der Waals surface area contributed by atoms with Gasteiger partial charge in [-0.15, -0.1) is 10.2 Å². The second kappa shape index (κ2) is 8.84. The van der Waals surface area contributed by atoms with E-state index in [1.807, 2.05) is 0 Å². The SMILES string of the molecule is CCOC(=O)/C(N=Nc1cc(OC(C)C)c(Cl)cc1F)=C(/O)C(F)(F)F. The highest BCUT2D eigenvalue weighted by Gasteiger charge is 2.39. The standard InChI is InChI=1S/C15H15ClF4N2O4/c1-4-25-14(24)12(13(23)15(18,19)20)22-21-10-6-11(26-7(2)3)8(16)5-9(10)17/h5-7,23H,4H2,1-3H3/b13-12-,22-21?. The van der Waals surface area contributed by atoms with Gasteiger partial charge < -0.3 is 14.6 Å². The summed E-state index contributed by atoms with van der Waals surface area (Å²) in [5.74, 6) is -4.89. The summed E-state index contributed by atoms with van der Waals surface area (Å²) >= 11 is 5.80. The van der Waals surface area contributed by atoms with Crippen LogP contribution in [0.4, 0.5) is 23.2 Å². The van der Waals surface area contributed by atoms with Gasteiger partial charge in [0, 0.05) is 6.07 Å². The average Bonchev–Trinajstić information content (AvgIpc) is 2.50. The Kier molecular flexibility index (Phi) is 7.37. The number of nitrogens with zero attached hydrogens (tertiary/aromatic N) is 2. The molecule has 1 N–H and O–H groups in total. The molecule has 0 saturated carbocycles. The molecule has 0 unspecified atom stereocenters. The quantitative estimate of drug-likeness (QED) is 0.233. The molecule has 11 heteroatoms. The van der Waals surface area contributed by atoms with E-state index in [2.05, 4.69) is 15.0 Å². The van der Waals surface area contributed by atoms with Crippen molar-refractivity contribution < 1.29 is 36.9 Å². The zero-order valence-electron chi connectivity index (χ0n) is 13.9. The van der Waals surface area contributed by atoms with Crippen LogP contribution in [0.3, 0.4) is 0 Å². The summed E-state index contributed by atoms with van der Waals surface area (Å²) in [4.78, 5) is 11.6. The Bertz CT molecular complexity index is 733. The molecule has 1 aromatic rings. The second-order valence-corrected chi connectivity index (χ2v) is 5.42. The first kappa shape index (κ1) is 21.7. The minimum atomic E-state index is -5.27. The Morgan fingerprint density at radius 2 is 1.96 bits per heavy atom. The summed E-state index contributed by atoms with van der Waals surface area (Å²) in [6, 6.07) is 1.82. The Morgan fingerprint density at radius 3 is 2.46 bits per heavy atom. The number of alkyl halides is 3. The van der Waals surface area contributed by atoms with Gasteiger partial charge in [0.05, 0.1) is 17.7 Å². The van der Waals surface area contributed by atoms with Crippen LogP contribution in [0, 0.1) is 5.82 Å². The predicted octanol–water partition coefficient (Wildman–Crippen LogP) is 5.25. The number of carbonyl (C=O) groups excluding carboxylic acids is 1. The molecule has 0 aromatic heterocycles. The van der Waals surface area contributed by atoms with Crippen molar-refractivity contribution in [1.29, 1.82) is 0 Å². The largest absolute Gasteiger partial charge is 0.502 e. The third-order valence-corrected chi connectivity index (χ3v) is 2.88. The number of rotatable bonds is 6. The van der Waals surface area contributed by atoms with Crippen LogP contribution in [0.5, 0.6) is 5.75 Å². The van der Waals surface area contributed by atoms with Gasteiger partial charge in [0.15, 0.2) is 5.82 Å². The van der Waals surface area contributed by atoms with E-state index in [1.165, 1.54) is 6.92 Å². The number of ether oxygens (including phenoxy) is 2. The molecule has 6 nitrogen and oxygen atoms in total. The maximum absolute atomic E-state index is 13.9. The summed E-state index contributed by atoms with van der Waals surface area (Å²) in [5, 5.41) is 15.3. The molecule has 0 bridgehead atoms. The zero-order chi connectivity index (χ0) is 20.1. The van der Waals surface area contributed by atoms with Crippen LogP contribution in [0.15, 0.2) is 33.8 Å². The van der Waals surface area contributed by atoms with Gasteiger partial charge in [-0.25, -0.2) is 9.18 Å². The molecule has 1 rings (SSSR count). The molecule has 0 spiro atoms. The molecule has 26 heavy (non-hydrogen) atoms. The lowest BCUT2D eigenvalue weighted by molar-refractivity contribution is -0.143. The molecule has 0 aliphatic heterocycles. The number of hydrogen-bond donors (Lipinski definition) is 1. The fraction of sp³-hybridized carbons (Fsp3) is 0.400. The molecule has 0 heterocycles. The summed E-state index contributed by atoms with van der Waals surface area (Å²) in [6.45, 7) is 4.41. The van der Waals surface area contributed by atoms with Gasteiger partial charge >= 0.3 is 12.1 Å². The van der Waals surface area contributed by atoms with Crippen molar-refractivity contribution in [2.45, 2.75) is 33.1 Å². The lowest BCUT2D eigenvalue weighted by Gasteiger charge is -2.12. The van der Waals surface area contributed by atoms with Gasteiger partial charge in [-0.2, -0.15) is 13.2 Å². The van der Waals surface area contributed by atoms with Crippen molar-refractivity contribution in [3.8, 4) is 5.75 Å². The highest BCUT2D eigenvalue weighted by Crippen LogP contribution is 2.34. The molecule has 0 amide bonds. The van der Waals surface area contributed by atoms with Crippen LogP contribution in [-0.4, -0.2) is 30.0 Å². The number of azo groups is 1. The van der Waals surface area contributed by atoms with Gasteiger partial charge in [0.25, 0.3) is 0 Å². The first-order valence-electron chi connectivity index (χ1n) is 7.22. The van der Waals surface area contributed by atoms with E-state index in [9.17, 15) is 22.4 Å². The van der Waals surface area contributed by atoms with Gasteiger partial charge in [0.2, 0.25) is 11.5 Å². The predicted molar refractivity (Wildman–Crippen MR) is 84.0 cm³/mol. The lowest BCUT2D eigenvalue weighted by atomic mass is 10.3. The fourth-order valence-electron chi connectivity index (χ4n) is 1.56. The molecule has 0 aliphatic rings. The summed E-state index contributed by atoms with van der Waals surface area (Å²) < 4.78 is 61.5. The molecular weight excluding hydrogens is 384 g/mol. The Labute approximate surface area is 151 Å². The molecule has 0 atom stereocenters. The Hall–Kier alpha value is -2.36. The van der Waals surface area contributed by atoms with Gasteiger partial charge in [-0.3, -0.25) is 0 Å². The van der Waals surface area contributed by atoms with E-state index in [0.717, 1.165) is 12.1 Å².